The normalized spacial score (nSPS) is 11.0. The van der Waals surface area contributed by atoms with Crippen LogP contribution in [-0.2, 0) is 0 Å². The van der Waals surface area contributed by atoms with Gasteiger partial charge in [0.05, 0.1) is 0 Å². The first-order valence-corrected chi connectivity index (χ1v) is 16.2. The van der Waals surface area contributed by atoms with E-state index in [4.69, 9.17) is 15.0 Å². The second kappa shape index (κ2) is 13.3. The van der Waals surface area contributed by atoms with Gasteiger partial charge in [0.2, 0.25) is 0 Å². The monoisotopic (exact) mass is 629 g/mol. The number of nitrogens with zero attached hydrogens (tertiary/aromatic N) is 5. The van der Waals surface area contributed by atoms with E-state index in [0.717, 1.165) is 61.2 Å². The largest absolute Gasteiger partial charge is 0.265 e. The summed E-state index contributed by atoms with van der Waals surface area (Å²) < 4.78 is 0. The number of hydrogen-bond donors (Lipinski definition) is 0. The lowest BCUT2D eigenvalue weighted by Crippen LogP contribution is -2.00. The summed E-state index contributed by atoms with van der Waals surface area (Å²) in [4.78, 5) is 23.4. The zero-order valence-electron chi connectivity index (χ0n) is 26.9. The van der Waals surface area contributed by atoms with Crippen LogP contribution in [0.5, 0.6) is 0 Å². The van der Waals surface area contributed by atoms with Crippen LogP contribution >= 0.6 is 0 Å². The molecule has 8 aromatic rings. The molecule has 0 saturated heterocycles. The molecule has 0 N–H and O–H groups in total. The van der Waals surface area contributed by atoms with Crippen molar-refractivity contribution in [2.45, 2.75) is 6.92 Å². The van der Waals surface area contributed by atoms with Gasteiger partial charge in [-0.05, 0) is 87.8 Å². The fourth-order valence-corrected chi connectivity index (χ4v) is 5.94. The second-order valence-corrected chi connectivity index (χ2v) is 12.0. The third kappa shape index (κ3) is 6.51. The summed E-state index contributed by atoms with van der Waals surface area (Å²) in [5.41, 5.74) is 13.0. The molecule has 0 aliphatic rings. The first-order valence-electron chi connectivity index (χ1n) is 16.2. The van der Waals surface area contributed by atoms with E-state index in [1.807, 2.05) is 49.1 Å². The highest BCUT2D eigenvalue weighted by Crippen LogP contribution is 2.32. The molecular weight excluding hydrogens is 599 g/mol. The third-order valence-electron chi connectivity index (χ3n) is 8.65. The molecule has 0 atom stereocenters. The molecule has 0 spiro atoms. The van der Waals surface area contributed by atoms with E-state index in [9.17, 15) is 0 Å². The number of benzene rings is 5. The van der Waals surface area contributed by atoms with Gasteiger partial charge in [0.1, 0.15) is 0 Å². The van der Waals surface area contributed by atoms with E-state index in [1.165, 1.54) is 5.56 Å². The Balaban J connectivity index is 1.17. The fourth-order valence-electron chi connectivity index (χ4n) is 5.94. The van der Waals surface area contributed by atoms with Crippen molar-refractivity contribution in [1.82, 2.24) is 24.9 Å². The summed E-state index contributed by atoms with van der Waals surface area (Å²) in [5, 5.41) is 0. The van der Waals surface area contributed by atoms with Gasteiger partial charge in [0.25, 0.3) is 0 Å². The van der Waals surface area contributed by atoms with Crippen molar-refractivity contribution in [2.75, 3.05) is 0 Å². The van der Waals surface area contributed by atoms with Crippen LogP contribution < -0.4 is 0 Å². The van der Waals surface area contributed by atoms with Gasteiger partial charge < -0.3 is 0 Å². The van der Waals surface area contributed by atoms with Crippen LogP contribution in [0.25, 0.3) is 78.7 Å². The molecule has 3 heterocycles. The van der Waals surface area contributed by atoms with Gasteiger partial charge >= 0.3 is 0 Å². The number of pyridine rings is 2. The zero-order valence-corrected chi connectivity index (χ0v) is 26.9. The van der Waals surface area contributed by atoms with Gasteiger partial charge in [-0.3, -0.25) is 9.97 Å². The SMILES string of the molecule is Cc1ccc(-c2nc(-c3cccc(-c4ccc(-c5ccncc5)cc4)c3)nc(-c3cccc(-c4ccc(-c5ccncc5)cc4)c3)n2)cc1. The highest BCUT2D eigenvalue weighted by molar-refractivity contribution is 5.77. The average molecular weight is 630 g/mol. The first kappa shape index (κ1) is 29.8. The molecule has 0 saturated carbocycles. The maximum absolute atomic E-state index is 5.06. The van der Waals surface area contributed by atoms with Crippen LogP contribution in [0.1, 0.15) is 5.56 Å². The molecule has 0 unspecified atom stereocenters. The maximum atomic E-state index is 5.06. The summed E-state index contributed by atoms with van der Waals surface area (Å²) >= 11 is 0. The molecule has 0 aliphatic carbocycles. The first-order chi connectivity index (χ1) is 24.2. The molecule has 0 amide bonds. The molecule has 3 aromatic heterocycles. The Morgan fingerprint density at radius 2 is 0.592 bits per heavy atom. The summed E-state index contributed by atoms with van der Waals surface area (Å²) in [6.45, 7) is 2.08. The minimum absolute atomic E-state index is 0.628. The standard InChI is InChI=1S/C44H31N5/c1-30-8-10-37(11-9-30)42-47-43(40-6-2-4-38(28-40)33-16-12-31(13-17-33)35-20-24-45-25-21-35)49-44(48-42)41-7-3-5-39(29-41)34-18-14-32(15-19-34)36-22-26-46-27-23-36/h2-29H,1H3. The van der Waals surface area contributed by atoms with Crippen LogP contribution in [0.15, 0.2) is 170 Å². The van der Waals surface area contributed by atoms with Crippen LogP contribution in [0.3, 0.4) is 0 Å². The van der Waals surface area contributed by atoms with Crippen molar-refractivity contribution >= 4 is 0 Å². The average Bonchev–Trinajstić information content (AvgIpc) is 3.19. The number of aromatic nitrogens is 5. The number of hydrogen-bond acceptors (Lipinski definition) is 5. The van der Waals surface area contributed by atoms with E-state index in [-0.39, 0.29) is 0 Å². The smallest absolute Gasteiger partial charge is 0.164 e. The van der Waals surface area contributed by atoms with Gasteiger partial charge in [-0.25, -0.2) is 15.0 Å². The van der Waals surface area contributed by atoms with Crippen LogP contribution in [0.4, 0.5) is 0 Å². The minimum Gasteiger partial charge on any atom is -0.265 e. The Bertz CT molecular complexity index is 2210. The molecule has 0 radical (unpaired) electrons. The lowest BCUT2D eigenvalue weighted by molar-refractivity contribution is 1.07. The van der Waals surface area contributed by atoms with E-state index in [2.05, 4.69) is 138 Å². The highest BCUT2D eigenvalue weighted by Gasteiger charge is 2.14. The van der Waals surface area contributed by atoms with Gasteiger partial charge in [-0.1, -0.05) is 115 Å². The minimum atomic E-state index is 0.628. The zero-order chi connectivity index (χ0) is 33.0. The molecule has 5 aromatic carbocycles. The molecule has 0 aliphatic heterocycles. The van der Waals surface area contributed by atoms with Crippen LogP contribution in [0, 0.1) is 6.92 Å². The Kier molecular flexibility index (Phi) is 8.06. The van der Waals surface area contributed by atoms with Crippen molar-refractivity contribution in [3.8, 4) is 78.7 Å². The summed E-state index contributed by atoms with van der Waals surface area (Å²) in [7, 11) is 0. The molecule has 0 bridgehead atoms. The lowest BCUT2D eigenvalue weighted by atomic mass is 9.99. The predicted molar refractivity (Wildman–Crippen MR) is 198 cm³/mol. The maximum Gasteiger partial charge on any atom is 0.164 e. The topological polar surface area (TPSA) is 64.5 Å². The Labute approximate surface area is 285 Å². The molecule has 8 rings (SSSR count). The van der Waals surface area contributed by atoms with E-state index in [1.54, 1.807) is 0 Å². The van der Waals surface area contributed by atoms with Gasteiger partial charge in [0, 0.05) is 41.5 Å². The van der Waals surface area contributed by atoms with Gasteiger partial charge in [-0.15, -0.1) is 0 Å². The molecule has 232 valence electrons. The van der Waals surface area contributed by atoms with Crippen LogP contribution in [-0.4, -0.2) is 24.9 Å². The Morgan fingerprint density at radius 3 is 1.00 bits per heavy atom. The van der Waals surface area contributed by atoms with E-state index < -0.39 is 0 Å². The molecular formula is C44H31N5. The van der Waals surface area contributed by atoms with Crippen molar-refractivity contribution < 1.29 is 0 Å². The third-order valence-corrected chi connectivity index (χ3v) is 8.65. The highest BCUT2D eigenvalue weighted by atomic mass is 15.0. The van der Waals surface area contributed by atoms with Crippen molar-refractivity contribution in [2.24, 2.45) is 0 Å². The summed E-state index contributed by atoms with van der Waals surface area (Å²) in [6, 6.07) is 50.4. The Morgan fingerprint density at radius 1 is 0.286 bits per heavy atom. The van der Waals surface area contributed by atoms with Gasteiger partial charge in [0.15, 0.2) is 17.5 Å². The quantitative estimate of drug-likeness (QED) is 0.175. The van der Waals surface area contributed by atoms with Crippen molar-refractivity contribution in [3.63, 3.8) is 0 Å². The second-order valence-electron chi connectivity index (χ2n) is 12.0. The van der Waals surface area contributed by atoms with Crippen molar-refractivity contribution in [1.29, 1.82) is 0 Å². The number of rotatable bonds is 7. The molecule has 49 heavy (non-hydrogen) atoms. The Hall–Kier alpha value is -6.59. The van der Waals surface area contributed by atoms with E-state index in [0.29, 0.717) is 17.5 Å². The fraction of sp³-hybridized carbons (Fsp3) is 0.0227. The van der Waals surface area contributed by atoms with E-state index >= 15 is 0 Å². The molecule has 5 heteroatoms. The summed E-state index contributed by atoms with van der Waals surface area (Å²) in [6.07, 6.45) is 7.27. The van der Waals surface area contributed by atoms with Crippen LogP contribution in [0.2, 0.25) is 0 Å². The molecule has 0 fully saturated rings. The summed E-state index contributed by atoms with van der Waals surface area (Å²) in [5.74, 6) is 1.89. The molecule has 5 nitrogen and oxygen atoms in total. The number of aryl methyl sites for hydroxylation is 1. The van der Waals surface area contributed by atoms with Crippen molar-refractivity contribution in [3.05, 3.63) is 176 Å². The predicted octanol–water partition coefficient (Wildman–Crippen LogP) is 10.6. The van der Waals surface area contributed by atoms with Gasteiger partial charge in [-0.2, -0.15) is 0 Å². The lowest BCUT2D eigenvalue weighted by Gasteiger charge is -2.11.